The highest BCUT2D eigenvalue weighted by molar-refractivity contribution is 7.78. The predicted molar refractivity (Wildman–Crippen MR) is 56.6 cm³/mol. The zero-order chi connectivity index (χ0) is 11.5. The minimum Gasteiger partial charge on any atom is -0.259 e. The summed E-state index contributed by atoms with van der Waals surface area (Å²) in [7, 11) is 0. The summed E-state index contributed by atoms with van der Waals surface area (Å²) in [4.78, 5) is 0. The first kappa shape index (κ1) is 12.4. The zero-order valence-electron chi connectivity index (χ0n) is 8.17. The van der Waals surface area contributed by atoms with Gasteiger partial charge in [-0.2, -0.15) is 13.2 Å². The molecule has 0 aliphatic rings. The maximum atomic E-state index is 12.4. The first-order chi connectivity index (χ1) is 6.99. The number of rotatable bonds is 3. The molecule has 0 heterocycles. The molecule has 1 atom stereocenters. The van der Waals surface area contributed by atoms with E-state index < -0.39 is 11.7 Å². The lowest BCUT2D eigenvalue weighted by Crippen LogP contribution is -2.12. The molecule has 0 radical (unpaired) electrons. The highest BCUT2D eigenvalue weighted by atomic mass is 32.1. The first-order valence-electron chi connectivity index (χ1n) is 4.55. The molecule has 0 spiro atoms. The van der Waals surface area contributed by atoms with Crippen LogP contribution in [0.1, 0.15) is 30.5 Å². The molecular formula is C10H12F3NS. The largest absolute Gasteiger partial charge is 0.416 e. The number of benzene rings is 1. The Bertz CT molecular complexity index is 321. The summed E-state index contributed by atoms with van der Waals surface area (Å²) in [5.74, 6) is 0. The van der Waals surface area contributed by atoms with Crippen LogP contribution >= 0.6 is 12.8 Å². The molecule has 0 saturated heterocycles. The third-order valence-electron chi connectivity index (χ3n) is 2.18. The summed E-state index contributed by atoms with van der Waals surface area (Å²) in [5.41, 5.74) is -0.0237. The van der Waals surface area contributed by atoms with Crippen LogP contribution in [0.3, 0.4) is 0 Å². The Morgan fingerprint density at radius 3 is 2.53 bits per heavy atom. The van der Waals surface area contributed by atoms with Crippen molar-refractivity contribution in [2.75, 3.05) is 0 Å². The lowest BCUT2D eigenvalue weighted by molar-refractivity contribution is -0.137. The molecule has 0 aliphatic carbocycles. The Balaban J connectivity index is 3.02. The SMILES string of the molecule is CC[C@@H](NS)c1cccc(C(F)(F)F)c1. The second-order valence-corrected chi connectivity index (χ2v) is 3.47. The Labute approximate surface area is 92.2 Å². The molecule has 1 nitrogen and oxygen atoms in total. The van der Waals surface area contributed by atoms with E-state index >= 15 is 0 Å². The fourth-order valence-electron chi connectivity index (χ4n) is 1.33. The van der Waals surface area contributed by atoms with Crippen LogP contribution in [-0.2, 0) is 6.18 Å². The van der Waals surface area contributed by atoms with Crippen LogP contribution < -0.4 is 4.72 Å². The van der Waals surface area contributed by atoms with E-state index in [1.54, 1.807) is 6.07 Å². The van der Waals surface area contributed by atoms with E-state index in [4.69, 9.17) is 0 Å². The summed E-state index contributed by atoms with van der Waals surface area (Å²) < 4.78 is 39.9. The summed E-state index contributed by atoms with van der Waals surface area (Å²) in [5, 5.41) is 0. The van der Waals surface area contributed by atoms with Gasteiger partial charge in [-0.3, -0.25) is 4.72 Å². The third kappa shape index (κ3) is 3.14. The quantitative estimate of drug-likeness (QED) is 0.763. The molecule has 1 aromatic rings. The van der Waals surface area contributed by atoms with Gasteiger partial charge in [-0.25, -0.2) is 0 Å². The van der Waals surface area contributed by atoms with Crippen molar-refractivity contribution in [2.24, 2.45) is 0 Å². The molecule has 5 heteroatoms. The van der Waals surface area contributed by atoms with Gasteiger partial charge in [0.05, 0.1) is 5.56 Å². The smallest absolute Gasteiger partial charge is 0.259 e. The Morgan fingerprint density at radius 2 is 2.07 bits per heavy atom. The molecular weight excluding hydrogens is 223 g/mol. The van der Waals surface area contributed by atoms with Gasteiger partial charge in [0.15, 0.2) is 0 Å². The van der Waals surface area contributed by atoms with Crippen LogP contribution in [0, 0.1) is 0 Å². The van der Waals surface area contributed by atoms with Crippen molar-refractivity contribution < 1.29 is 13.2 Å². The van der Waals surface area contributed by atoms with Gasteiger partial charge < -0.3 is 0 Å². The van der Waals surface area contributed by atoms with Crippen molar-refractivity contribution in [3.63, 3.8) is 0 Å². The highest BCUT2D eigenvalue weighted by Gasteiger charge is 2.30. The van der Waals surface area contributed by atoms with Gasteiger partial charge >= 0.3 is 6.18 Å². The number of nitrogens with one attached hydrogen (secondary N) is 1. The van der Waals surface area contributed by atoms with Crippen molar-refractivity contribution in [3.05, 3.63) is 35.4 Å². The van der Waals surface area contributed by atoms with Gasteiger partial charge in [0.1, 0.15) is 0 Å². The molecule has 1 N–H and O–H groups in total. The van der Waals surface area contributed by atoms with Crippen molar-refractivity contribution >= 4 is 12.8 Å². The van der Waals surface area contributed by atoms with Crippen molar-refractivity contribution in [1.82, 2.24) is 4.72 Å². The molecule has 1 rings (SSSR count). The standard InChI is InChI=1S/C10H12F3NS/c1-2-9(14-15)7-4-3-5-8(6-7)10(11,12)13/h3-6,9,14-15H,2H2,1H3/t9-/m1/s1. The second kappa shape index (κ2) is 4.90. The molecule has 15 heavy (non-hydrogen) atoms. The van der Waals surface area contributed by atoms with Crippen molar-refractivity contribution in [2.45, 2.75) is 25.6 Å². The fraction of sp³-hybridized carbons (Fsp3) is 0.400. The van der Waals surface area contributed by atoms with Gasteiger partial charge in [-0.1, -0.05) is 31.9 Å². The summed E-state index contributed by atoms with van der Waals surface area (Å²) in [6.45, 7) is 1.88. The highest BCUT2D eigenvalue weighted by Crippen LogP contribution is 2.31. The lowest BCUT2D eigenvalue weighted by Gasteiger charge is -2.15. The number of hydrogen-bond acceptors (Lipinski definition) is 2. The van der Waals surface area contributed by atoms with Gasteiger partial charge in [0.2, 0.25) is 0 Å². The average Bonchev–Trinajstić information content (AvgIpc) is 2.19. The number of alkyl halides is 3. The molecule has 0 amide bonds. The van der Waals surface area contributed by atoms with Crippen LogP contribution in [0.15, 0.2) is 24.3 Å². The summed E-state index contributed by atoms with van der Waals surface area (Å²) in [6, 6.07) is 5.13. The lowest BCUT2D eigenvalue weighted by atomic mass is 10.0. The first-order valence-corrected chi connectivity index (χ1v) is 5.00. The van der Waals surface area contributed by atoms with Crippen LogP contribution in [0.5, 0.6) is 0 Å². The van der Waals surface area contributed by atoms with E-state index in [0.717, 1.165) is 12.1 Å². The predicted octanol–water partition coefficient (Wildman–Crippen LogP) is 3.59. The summed E-state index contributed by atoms with van der Waals surface area (Å²) >= 11 is 3.88. The minimum atomic E-state index is -4.29. The Kier molecular flexibility index (Phi) is 4.04. The molecule has 0 unspecified atom stereocenters. The maximum absolute atomic E-state index is 12.4. The Morgan fingerprint density at radius 1 is 1.40 bits per heavy atom. The zero-order valence-corrected chi connectivity index (χ0v) is 9.07. The van der Waals surface area contributed by atoms with E-state index in [1.165, 1.54) is 6.07 Å². The Hall–Kier alpha value is -0.680. The van der Waals surface area contributed by atoms with Crippen LogP contribution in [0.2, 0.25) is 0 Å². The van der Waals surface area contributed by atoms with Gasteiger partial charge in [-0.05, 0) is 24.1 Å². The van der Waals surface area contributed by atoms with Crippen LogP contribution in [-0.4, -0.2) is 0 Å². The summed E-state index contributed by atoms with van der Waals surface area (Å²) in [6.07, 6.45) is -3.60. The van der Waals surface area contributed by atoms with Gasteiger partial charge in [-0.15, -0.1) is 0 Å². The number of halogens is 3. The van der Waals surface area contributed by atoms with E-state index in [9.17, 15) is 13.2 Å². The molecule has 0 bridgehead atoms. The monoisotopic (exact) mass is 235 g/mol. The topological polar surface area (TPSA) is 12.0 Å². The second-order valence-electron chi connectivity index (χ2n) is 3.21. The van der Waals surface area contributed by atoms with Crippen molar-refractivity contribution in [1.29, 1.82) is 0 Å². The normalized spacial score (nSPS) is 13.9. The third-order valence-corrected chi connectivity index (χ3v) is 2.49. The molecule has 0 fully saturated rings. The van der Waals surface area contributed by atoms with Crippen LogP contribution in [0.25, 0.3) is 0 Å². The number of thiol groups is 1. The molecule has 84 valence electrons. The maximum Gasteiger partial charge on any atom is 0.416 e. The molecule has 0 saturated carbocycles. The minimum absolute atomic E-state index is 0.157. The van der Waals surface area contributed by atoms with E-state index in [-0.39, 0.29) is 6.04 Å². The van der Waals surface area contributed by atoms with Crippen molar-refractivity contribution in [3.8, 4) is 0 Å². The van der Waals surface area contributed by atoms with E-state index in [0.29, 0.717) is 12.0 Å². The molecule has 1 aromatic carbocycles. The number of hydrogen-bond donors (Lipinski definition) is 2. The van der Waals surface area contributed by atoms with Gasteiger partial charge in [0.25, 0.3) is 0 Å². The molecule has 0 aromatic heterocycles. The average molecular weight is 235 g/mol. The molecule has 0 aliphatic heterocycles. The fourth-order valence-corrected chi connectivity index (χ4v) is 1.66. The van der Waals surface area contributed by atoms with E-state index in [2.05, 4.69) is 17.5 Å². The van der Waals surface area contributed by atoms with E-state index in [1.807, 2.05) is 6.92 Å². The van der Waals surface area contributed by atoms with Gasteiger partial charge in [0, 0.05) is 6.04 Å². The van der Waals surface area contributed by atoms with Crippen LogP contribution in [0.4, 0.5) is 13.2 Å².